The first-order valence-electron chi connectivity index (χ1n) is 11.5. The van der Waals surface area contributed by atoms with Crippen LogP contribution in [0.5, 0.6) is 5.75 Å². The van der Waals surface area contributed by atoms with Crippen LogP contribution < -0.4 is 20.7 Å². The van der Waals surface area contributed by atoms with Gasteiger partial charge in [0.2, 0.25) is 16.0 Å². The van der Waals surface area contributed by atoms with Crippen molar-refractivity contribution in [2.75, 3.05) is 13.2 Å². The highest BCUT2D eigenvalue weighted by Crippen LogP contribution is 2.23. The second-order valence-electron chi connectivity index (χ2n) is 8.52. The van der Waals surface area contributed by atoms with Crippen LogP contribution in [-0.4, -0.2) is 51.7 Å². The number of benzene rings is 2. The molecule has 0 aromatic heterocycles. The van der Waals surface area contributed by atoms with Crippen LogP contribution in [0.4, 0.5) is 13.2 Å². The summed E-state index contributed by atoms with van der Waals surface area (Å²) in [7, 11) is -4.41. The predicted molar refractivity (Wildman–Crippen MR) is 133 cm³/mol. The zero-order valence-corrected chi connectivity index (χ0v) is 22.2. The second kappa shape index (κ2) is 13.4. The lowest BCUT2D eigenvalue weighted by molar-refractivity contribution is -0.202. The lowest BCUT2D eigenvalue weighted by Crippen LogP contribution is -2.45. The SMILES string of the molecule is Cc1cc(C)c(S(=O)(=O)N[C@@H](Cc2ccc(OCCCONC(=N)N)cc2)C(=O)OC(=O)C(F)(F)F)c(C)c1. The number of alkyl halides is 3. The number of hydrogen-bond donors (Lipinski definition) is 4. The van der Waals surface area contributed by atoms with Gasteiger partial charge in [0.05, 0.1) is 18.1 Å². The van der Waals surface area contributed by atoms with Gasteiger partial charge in [0, 0.05) is 6.42 Å². The smallest absolute Gasteiger partial charge is 0.491 e. The summed E-state index contributed by atoms with van der Waals surface area (Å²) < 4.78 is 76.0. The molecule has 0 fully saturated rings. The minimum absolute atomic E-state index is 0.140. The van der Waals surface area contributed by atoms with Crippen LogP contribution >= 0.6 is 0 Å². The summed E-state index contributed by atoms with van der Waals surface area (Å²) in [4.78, 5) is 28.6. The van der Waals surface area contributed by atoms with Crippen LogP contribution in [0.15, 0.2) is 41.3 Å². The number of hydrogen-bond acceptors (Lipinski definition) is 8. The predicted octanol–water partition coefficient (Wildman–Crippen LogP) is 2.32. The van der Waals surface area contributed by atoms with Crippen molar-refractivity contribution in [3.63, 3.8) is 0 Å². The van der Waals surface area contributed by atoms with Crippen molar-refractivity contribution in [3.05, 3.63) is 58.7 Å². The van der Waals surface area contributed by atoms with Crippen molar-refractivity contribution < 1.29 is 45.5 Å². The first-order valence-corrected chi connectivity index (χ1v) is 12.9. The standard InChI is InChI=1S/C24H29F3N4O7S/c1-14-11-15(2)20(16(3)12-14)39(34,35)31-19(21(32)38-22(33)24(25,26)27)13-17-5-7-18(8-6-17)36-9-4-10-37-30-23(28)29/h5-8,11-12,19,31H,4,9-10,13H2,1-3H3,(H4,28,29,30)/t19-/m0/s1. The Kier molecular flexibility index (Phi) is 10.8. The van der Waals surface area contributed by atoms with E-state index in [1.165, 1.54) is 24.3 Å². The molecule has 2 aromatic rings. The van der Waals surface area contributed by atoms with Crippen molar-refractivity contribution in [3.8, 4) is 5.75 Å². The van der Waals surface area contributed by atoms with Gasteiger partial charge in [-0.15, -0.1) is 0 Å². The van der Waals surface area contributed by atoms with Gasteiger partial charge >= 0.3 is 18.1 Å². The quantitative estimate of drug-likeness (QED) is 0.0742. The first kappa shape index (κ1) is 31.5. The Morgan fingerprint density at radius 2 is 1.64 bits per heavy atom. The molecule has 0 heterocycles. The summed E-state index contributed by atoms with van der Waals surface area (Å²) in [5.41, 5.74) is 9.10. The molecule has 2 rings (SSSR count). The number of guanidine groups is 1. The molecule has 214 valence electrons. The summed E-state index contributed by atoms with van der Waals surface area (Å²) in [6.07, 6.45) is -5.42. The summed E-state index contributed by atoms with van der Waals surface area (Å²) >= 11 is 0. The lowest BCUT2D eigenvalue weighted by Gasteiger charge is -2.20. The van der Waals surface area contributed by atoms with E-state index in [0.717, 1.165) is 5.56 Å². The first-order chi connectivity index (χ1) is 18.1. The highest BCUT2D eigenvalue weighted by molar-refractivity contribution is 7.89. The average molecular weight is 575 g/mol. The molecule has 0 radical (unpaired) electrons. The van der Waals surface area contributed by atoms with Crippen LogP contribution in [-0.2, 0) is 35.6 Å². The van der Waals surface area contributed by atoms with E-state index in [0.29, 0.717) is 28.9 Å². The number of carbonyl (C=O) groups excluding carboxylic acids is 2. The Balaban J connectivity index is 2.19. The van der Waals surface area contributed by atoms with Gasteiger partial charge in [-0.25, -0.2) is 23.5 Å². The van der Waals surface area contributed by atoms with E-state index < -0.39 is 40.6 Å². The Bertz CT molecular complexity index is 1280. The number of rotatable bonds is 12. The van der Waals surface area contributed by atoms with E-state index in [9.17, 15) is 31.2 Å². The number of hydroxylamine groups is 1. The van der Waals surface area contributed by atoms with Gasteiger partial charge < -0.3 is 15.2 Å². The molecule has 0 bridgehead atoms. The molecule has 1 atom stereocenters. The van der Waals surface area contributed by atoms with Crippen LogP contribution in [0, 0.1) is 26.2 Å². The van der Waals surface area contributed by atoms with E-state index >= 15 is 0 Å². The topological polar surface area (TPSA) is 170 Å². The van der Waals surface area contributed by atoms with Crippen molar-refractivity contribution in [1.82, 2.24) is 10.2 Å². The fourth-order valence-electron chi connectivity index (χ4n) is 3.64. The zero-order valence-electron chi connectivity index (χ0n) is 21.3. The molecule has 0 aliphatic rings. The molecule has 0 aliphatic heterocycles. The van der Waals surface area contributed by atoms with Crippen LogP contribution in [0.3, 0.4) is 0 Å². The molecule has 0 spiro atoms. The van der Waals surface area contributed by atoms with Gasteiger partial charge in [-0.2, -0.15) is 17.9 Å². The maximum atomic E-state index is 13.2. The number of nitrogens with two attached hydrogens (primary N) is 1. The Morgan fingerprint density at radius 3 is 2.18 bits per heavy atom. The van der Waals surface area contributed by atoms with E-state index in [2.05, 4.69) is 14.9 Å². The number of carbonyl (C=O) groups is 2. The number of sulfonamides is 1. The highest BCUT2D eigenvalue weighted by atomic mass is 32.2. The number of halogens is 3. The molecule has 5 N–H and O–H groups in total. The second-order valence-corrected chi connectivity index (χ2v) is 10.2. The normalized spacial score (nSPS) is 12.5. The molecule has 0 saturated carbocycles. The molecule has 39 heavy (non-hydrogen) atoms. The average Bonchev–Trinajstić information content (AvgIpc) is 2.80. The van der Waals surface area contributed by atoms with E-state index in [1.807, 2.05) is 0 Å². The number of ether oxygens (including phenoxy) is 2. The monoisotopic (exact) mass is 574 g/mol. The van der Waals surface area contributed by atoms with Crippen molar-refractivity contribution >= 4 is 27.9 Å². The summed E-state index contributed by atoms with van der Waals surface area (Å²) in [5, 5.41) is 6.96. The van der Waals surface area contributed by atoms with Gasteiger partial charge in [0.25, 0.3) is 0 Å². The summed E-state index contributed by atoms with van der Waals surface area (Å²) in [6, 6.07) is 7.34. The fourth-order valence-corrected chi connectivity index (χ4v) is 5.28. The van der Waals surface area contributed by atoms with Gasteiger partial charge in [-0.05, 0) is 56.0 Å². The van der Waals surface area contributed by atoms with Crippen LogP contribution in [0.1, 0.15) is 28.7 Å². The highest BCUT2D eigenvalue weighted by Gasteiger charge is 2.44. The molecule has 2 aromatic carbocycles. The third-order valence-electron chi connectivity index (χ3n) is 5.08. The number of aryl methyl sites for hydroxylation is 3. The lowest BCUT2D eigenvalue weighted by atomic mass is 10.1. The van der Waals surface area contributed by atoms with Gasteiger partial charge in [-0.3, -0.25) is 10.2 Å². The molecule has 11 nitrogen and oxygen atoms in total. The number of esters is 2. The molecule has 0 unspecified atom stereocenters. The van der Waals surface area contributed by atoms with Crippen molar-refractivity contribution in [2.45, 2.75) is 50.7 Å². The fraction of sp³-hybridized carbons (Fsp3) is 0.375. The third-order valence-corrected chi connectivity index (χ3v) is 6.86. The van der Waals surface area contributed by atoms with E-state index in [-0.39, 0.29) is 24.1 Å². The minimum atomic E-state index is -5.45. The van der Waals surface area contributed by atoms with Crippen molar-refractivity contribution in [1.29, 1.82) is 5.41 Å². The Morgan fingerprint density at radius 1 is 1.05 bits per heavy atom. The van der Waals surface area contributed by atoms with E-state index in [1.54, 1.807) is 32.9 Å². The van der Waals surface area contributed by atoms with Crippen molar-refractivity contribution in [2.24, 2.45) is 5.73 Å². The van der Waals surface area contributed by atoms with E-state index in [4.69, 9.17) is 20.7 Å². The van der Waals surface area contributed by atoms with Crippen LogP contribution in [0.2, 0.25) is 0 Å². The maximum absolute atomic E-state index is 13.2. The molecule has 0 saturated heterocycles. The maximum Gasteiger partial charge on any atom is 0.491 e. The minimum Gasteiger partial charge on any atom is -0.494 e. The van der Waals surface area contributed by atoms with Gasteiger partial charge in [0.15, 0.2) is 0 Å². The molecule has 15 heteroatoms. The van der Waals surface area contributed by atoms with Gasteiger partial charge in [-0.1, -0.05) is 29.8 Å². The zero-order chi connectivity index (χ0) is 29.4. The molecule has 0 aliphatic carbocycles. The summed E-state index contributed by atoms with van der Waals surface area (Å²) in [6.45, 7) is 5.29. The molecule has 0 amide bonds. The molecular formula is C24H29F3N4O7S. The van der Waals surface area contributed by atoms with Crippen LogP contribution in [0.25, 0.3) is 0 Å². The number of nitrogens with one attached hydrogen (secondary N) is 3. The Hall–Kier alpha value is -3.69. The third kappa shape index (κ3) is 9.85. The molecular weight excluding hydrogens is 545 g/mol. The summed E-state index contributed by atoms with van der Waals surface area (Å²) in [5.74, 6) is -4.40. The van der Waals surface area contributed by atoms with Gasteiger partial charge in [0.1, 0.15) is 11.8 Å². The Labute approximate surface area is 223 Å². The largest absolute Gasteiger partial charge is 0.494 e.